The Bertz CT molecular complexity index is 286. The van der Waals surface area contributed by atoms with Crippen LogP contribution in [0.1, 0.15) is 32.4 Å². The van der Waals surface area contributed by atoms with Gasteiger partial charge in [0, 0.05) is 24.2 Å². The van der Waals surface area contributed by atoms with Crippen molar-refractivity contribution < 1.29 is 4.74 Å². The largest absolute Gasteiger partial charge is 0.475 e. The van der Waals surface area contributed by atoms with E-state index in [0.29, 0.717) is 12.4 Å². The number of hydrogen-bond donors (Lipinski definition) is 1. The minimum Gasteiger partial charge on any atom is -0.475 e. The van der Waals surface area contributed by atoms with Crippen LogP contribution < -0.4 is 10.5 Å². The highest BCUT2D eigenvalue weighted by atomic mass is 16.5. The zero-order chi connectivity index (χ0) is 10.6. The van der Waals surface area contributed by atoms with E-state index in [9.17, 15) is 0 Å². The Morgan fingerprint density at radius 3 is 2.64 bits per heavy atom. The van der Waals surface area contributed by atoms with Crippen LogP contribution in [-0.2, 0) is 0 Å². The summed E-state index contributed by atoms with van der Waals surface area (Å²) in [5, 5.41) is 0. The van der Waals surface area contributed by atoms with Crippen LogP contribution in [0.5, 0.6) is 5.88 Å². The highest BCUT2D eigenvalue weighted by Gasteiger charge is 2.06. The SMILES string of the molecule is CC(C)Oc1cccc(C(C)CN)n1. The molecule has 14 heavy (non-hydrogen) atoms. The molecule has 78 valence electrons. The second-order valence-electron chi connectivity index (χ2n) is 3.70. The summed E-state index contributed by atoms with van der Waals surface area (Å²) in [6, 6.07) is 5.80. The summed E-state index contributed by atoms with van der Waals surface area (Å²) in [7, 11) is 0. The second kappa shape index (κ2) is 4.96. The van der Waals surface area contributed by atoms with E-state index < -0.39 is 0 Å². The second-order valence-corrected chi connectivity index (χ2v) is 3.70. The summed E-state index contributed by atoms with van der Waals surface area (Å²) in [5.74, 6) is 0.962. The van der Waals surface area contributed by atoms with Gasteiger partial charge in [-0.25, -0.2) is 4.98 Å². The van der Waals surface area contributed by atoms with E-state index in [0.717, 1.165) is 5.69 Å². The Labute approximate surface area is 85.3 Å². The van der Waals surface area contributed by atoms with Gasteiger partial charge in [-0.15, -0.1) is 0 Å². The number of aromatic nitrogens is 1. The van der Waals surface area contributed by atoms with Gasteiger partial charge in [-0.1, -0.05) is 13.0 Å². The fraction of sp³-hybridized carbons (Fsp3) is 0.545. The molecule has 0 aliphatic rings. The highest BCUT2D eigenvalue weighted by Crippen LogP contribution is 2.15. The first kappa shape index (κ1) is 11.0. The van der Waals surface area contributed by atoms with Crippen molar-refractivity contribution in [2.75, 3.05) is 6.54 Å². The first-order valence-corrected chi connectivity index (χ1v) is 4.97. The number of pyridine rings is 1. The summed E-state index contributed by atoms with van der Waals surface area (Å²) in [4.78, 5) is 4.38. The Hall–Kier alpha value is -1.09. The molecule has 3 nitrogen and oxygen atoms in total. The number of hydrogen-bond acceptors (Lipinski definition) is 3. The fourth-order valence-corrected chi connectivity index (χ4v) is 1.13. The molecule has 1 atom stereocenters. The van der Waals surface area contributed by atoms with Crippen LogP contribution in [0.3, 0.4) is 0 Å². The quantitative estimate of drug-likeness (QED) is 0.796. The van der Waals surface area contributed by atoms with Crippen LogP contribution >= 0.6 is 0 Å². The van der Waals surface area contributed by atoms with E-state index >= 15 is 0 Å². The molecule has 0 radical (unpaired) electrons. The first-order valence-electron chi connectivity index (χ1n) is 4.97. The number of rotatable bonds is 4. The summed E-state index contributed by atoms with van der Waals surface area (Å²) < 4.78 is 5.50. The van der Waals surface area contributed by atoms with Gasteiger partial charge in [0.2, 0.25) is 5.88 Å². The van der Waals surface area contributed by atoms with Crippen LogP contribution in [0.25, 0.3) is 0 Å². The van der Waals surface area contributed by atoms with Crippen molar-refractivity contribution in [2.24, 2.45) is 5.73 Å². The molecule has 1 heterocycles. The number of nitrogens with zero attached hydrogens (tertiary/aromatic N) is 1. The minimum atomic E-state index is 0.158. The Balaban J connectivity index is 2.78. The van der Waals surface area contributed by atoms with Gasteiger partial charge in [-0.3, -0.25) is 0 Å². The van der Waals surface area contributed by atoms with Crippen LogP contribution in [0.2, 0.25) is 0 Å². The standard InChI is InChI=1S/C11H18N2O/c1-8(2)14-11-6-4-5-10(13-11)9(3)7-12/h4-6,8-9H,7,12H2,1-3H3. The third-order valence-corrected chi connectivity index (χ3v) is 1.96. The molecule has 3 heteroatoms. The molecule has 0 aliphatic heterocycles. The molecular weight excluding hydrogens is 176 g/mol. The van der Waals surface area contributed by atoms with E-state index in [1.807, 2.05) is 32.0 Å². The molecule has 0 spiro atoms. The summed E-state index contributed by atoms with van der Waals surface area (Å²) in [6.07, 6.45) is 0.158. The van der Waals surface area contributed by atoms with Gasteiger partial charge in [0.15, 0.2) is 0 Å². The summed E-state index contributed by atoms with van der Waals surface area (Å²) in [5.41, 5.74) is 6.57. The molecule has 0 saturated heterocycles. The topological polar surface area (TPSA) is 48.1 Å². The van der Waals surface area contributed by atoms with Gasteiger partial charge >= 0.3 is 0 Å². The average Bonchev–Trinajstić information content (AvgIpc) is 2.16. The lowest BCUT2D eigenvalue weighted by Gasteiger charge is -2.12. The normalized spacial score (nSPS) is 12.9. The van der Waals surface area contributed by atoms with Crippen molar-refractivity contribution in [3.05, 3.63) is 23.9 Å². The lowest BCUT2D eigenvalue weighted by molar-refractivity contribution is 0.232. The predicted molar refractivity (Wildman–Crippen MR) is 57.5 cm³/mol. The maximum Gasteiger partial charge on any atom is 0.213 e. The number of nitrogens with two attached hydrogens (primary N) is 1. The molecule has 0 aliphatic carbocycles. The lowest BCUT2D eigenvalue weighted by atomic mass is 10.1. The molecule has 1 aromatic heterocycles. The Morgan fingerprint density at radius 2 is 2.07 bits per heavy atom. The van der Waals surface area contributed by atoms with Crippen LogP contribution in [0.4, 0.5) is 0 Å². The lowest BCUT2D eigenvalue weighted by Crippen LogP contribution is -2.12. The van der Waals surface area contributed by atoms with Crippen molar-refractivity contribution in [3.8, 4) is 5.88 Å². The highest BCUT2D eigenvalue weighted by molar-refractivity contribution is 5.18. The predicted octanol–water partition coefficient (Wildman–Crippen LogP) is 1.93. The van der Waals surface area contributed by atoms with E-state index in [2.05, 4.69) is 11.9 Å². The molecule has 2 N–H and O–H groups in total. The van der Waals surface area contributed by atoms with E-state index in [4.69, 9.17) is 10.5 Å². The molecule has 0 amide bonds. The van der Waals surface area contributed by atoms with Gasteiger partial charge in [0.25, 0.3) is 0 Å². The van der Waals surface area contributed by atoms with Crippen molar-refractivity contribution in [2.45, 2.75) is 32.8 Å². The fourth-order valence-electron chi connectivity index (χ4n) is 1.13. The van der Waals surface area contributed by atoms with E-state index in [1.165, 1.54) is 0 Å². The molecule has 1 unspecified atom stereocenters. The first-order chi connectivity index (χ1) is 6.63. The monoisotopic (exact) mass is 194 g/mol. The van der Waals surface area contributed by atoms with Crippen molar-refractivity contribution in [3.63, 3.8) is 0 Å². The van der Waals surface area contributed by atoms with Gasteiger partial charge in [-0.05, 0) is 19.9 Å². The molecule has 0 saturated carbocycles. The molecule has 0 bridgehead atoms. The zero-order valence-corrected chi connectivity index (χ0v) is 9.03. The molecule has 0 fully saturated rings. The third kappa shape index (κ3) is 3.00. The van der Waals surface area contributed by atoms with Gasteiger partial charge < -0.3 is 10.5 Å². The molecular formula is C11H18N2O. The summed E-state index contributed by atoms with van der Waals surface area (Å²) >= 11 is 0. The Morgan fingerprint density at radius 1 is 1.36 bits per heavy atom. The minimum absolute atomic E-state index is 0.158. The maximum absolute atomic E-state index is 5.57. The molecule has 1 rings (SSSR count). The zero-order valence-electron chi connectivity index (χ0n) is 9.03. The van der Waals surface area contributed by atoms with E-state index in [1.54, 1.807) is 0 Å². The van der Waals surface area contributed by atoms with Gasteiger partial charge in [0.05, 0.1) is 6.10 Å². The van der Waals surface area contributed by atoms with Crippen molar-refractivity contribution in [1.82, 2.24) is 4.98 Å². The van der Waals surface area contributed by atoms with E-state index in [-0.39, 0.29) is 12.0 Å². The third-order valence-electron chi connectivity index (χ3n) is 1.96. The van der Waals surface area contributed by atoms with Crippen LogP contribution in [0.15, 0.2) is 18.2 Å². The van der Waals surface area contributed by atoms with Crippen LogP contribution in [0, 0.1) is 0 Å². The maximum atomic E-state index is 5.57. The van der Waals surface area contributed by atoms with Gasteiger partial charge in [0.1, 0.15) is 0 Å². The smallest absolute Gasteiger partial charge is 0.213 e. The Kier molecular flexibility index (Phi) is 3.89. The van der Waals surface area contributed by atoms with Gasteiger partial charge in [-0.2, -0.15) is 0 Å². The van der Waals surface area contributed by atoms with Crippen molar-refractivity contribution in [1.29, 1.82) is 0 Å². The average molecular weight is 194 g/mol. The van der Waals surface area contributed by atoms with Crippen molar-refractivity contribution >= 4 is 0 Å². The molecule has 1 aromatic rings. The van der Waals surface area contributed by atoms with Crippen LogP contribution in [-0.4, -0.2) is 17.6 Å². The molecule has 0 aromatic carbocycles. The number of ether oxygens (including phenoxy) is 1. The summed E-state index contributed by atoms with van der Waals surface area (Å²) in [6.45, 7) is 6.64.